The lowest BCUT2D eigenvalue weighted by Crippen LogP contribution is -2.45. The topological polar surface area (TPSA) is 75.3 Å². The molecule has 0 aromatic rings. The van der Waals surface area contributed by atoms with Crippen LogP contribution in [0.25, 0.3) is 0 Å². The molecule has 0 bridgehead atoms. The van der Waals surface area contributed by atoms with Gasteiger partial charge in [0.05, 0.1) is 0 Å². The molecule has 0 aromatic heterocycles. The number of hydrogen-bond acceptors (Lipinski definition) is 6. The molecule has 23 heavy (non-hydrogen) atoms. The number of rotatable bonds is 15. The fraction of sp³-hybridized carbons (Fsp3) is 0.800. The van der Waals surface area contributed by atoms with Gasteiger partial charge in [-0.1, -0.05) is 13.5 Å². The average Bonchev–Trinajstić information content (AvgIpc) is 2.55. The van der Waals surface area contributed by atoms with Crippen molar-refractivity contribution in [1.29, 1.82) is 0 Å². The first kappa shape index (κ1) is 22.2. The van der Waals surface area contributed by atoms with Crippen molar-refractivity contribution >= 4 is 15.7 Å². The van der Waals surface area contributed by atoms with Gasteiger partial charge in [-0.25, -0.2) is 0 Å². The summed E-state index contributed by atoms with van der Waals surface area (Å²) in [5, 5.41) is 2.84. The minimum absolute atomic E-state index is 0.0275. The van der Waals surface area contributed by atoms with Crippen molar-refractivity contribution in [3.63, 3.8) is 0 Å². The second kappa shape index (κ2) is 13.6. The molecule has 0 aliphatic heterocycles. The van der Waals surface area contributed by atoms with Gasteiger partial charge in [0.1, 0.15) is 13.4 Å². The molecule has 0 saturated carbocycles. The van der Waals surface area contributed by atoms with Crippen LogP contribution < -0.4 is 5.32 Å². The molecule has 0 aromatic carbocycles. The highest BCUT2D eigenvalue weighted by Gasteiger charge is 2.33. The average molecular weight is 350 g/mol. The van der Waals surface area contributed by atoms with E-state index in [1.54, 1.807) is 0 Å². The van der Waals surface area contributed by atoms with Gasteiger partial charge in [0.2, 0.25) is 5.91 Å². The predicted octanol–water partition coefficient (Wildman–Crippen LogP) is 0.862. The van der Waals surface area contributed by atoms with E-state index in [-0.39, 0.29) is 25.0 Å². The van der Waals surface area contributed by atoms with Gasteiger partial charge in [0.15, 0.2) is 9.76 Å². The Morgan fingerprint density at radius 3 is 2.30 bits per heavy atom. The van der Waals surface area contributed by atoms with Crippen LogP contribution in [0, 0.1) is 0 Å². The minimum Gasteiger partial charge on any atom is -0.400 e. The number of carbonyl (C=O) groups excluding carboxylic acids is 1. The Bertz CT molecular complexity index is 323. The van der Waals surface area contributed by atoms with Crippen LogP contribution >= 0.6 is 0 Å². The summed E-state index contributed by atoms with van der Waals surface area (Å²) in [6.45, 7) is 12.6. The molecule has 0 aliphatic rings. The lowest BCUT2D eigenvalue weighted by atomic mass is 10.4. The molecule has 1 atom stereocenters. The van der Waals surface area contributed by atoms with Gasteiger partial charge in [-0.2, -0.15) is 0 Å². The number of ether oxygens (including phenoxy) is 4. The molecule has 7 nitrogen and oxygen atoms in total. The van der Waals surface area contributed by atoms with E-state index in [1.807, 2.05) is 27.7 Å². The third kappa shape index (κ3) is 9.85. The quantitative estimate of drug-likeness (QED) is 0.205. The Morgan fingerprint density at radius 2 is 1.83 bits per heavy atom. The summed E-state index contributed by atoms with van der Waals surface area (Å²) in [7, 11) is -0.999. The van der Waals surface area contributed by atoms with E-state index in [4.69, 9.17) is 23.4 Å². The number of amides is 1. The zero-order chi connectivity index (χ0) is 17.6. The molecular formula is C15H31NO6Si. The van der Waals surface area contributed by atoms with Gasteiger partial charge < -0.3 is 24.0 Å². The third-order valence-electron chi connectivity index (χ3n) is 2.92. The van der Waals surface area contributed by atoms with Crippen molar-refractivity contribution in [3.05, 3.63) is 12.7 Å². The highest BCUT2D eigenvalue weighted by Crippen LogP contribution is 2.16. The first-order valence-electron chi connectivity index (χ1n) is 8.07. The molecule has 8 heteroatoms. The molecule has 0 rings (SSSR count). The van der Waals surface area contributed by atoms with E-state index in [0.717, 1.165) is 6.42 Å². The summed E-state index contributed by atoms with van der Waals surface area (Å²) in [5.74, 6) is -1.44. The van der Waals surface area contributed by atoms with E-state index in [1.165, 1.54) is 6.08 Å². The summed E-state index contributed by atoms with van der Waals surface area (Å²) >= 11 is 0. The Morgan fingerprint density at radius 1 is 1.17 bits per heavy atom. The van der Waals surface area contributed by atoms with Crippen LogP contribution in [0.15, 0.2) is 12.7 Å². The zero-order valence-electron chi connectivity index (χ0n) is 14.8. The smallest absolute Gasteiger partial charge is 0.309 e. The van der Waals surface area contributed by atoms with Crippen LogP contribution in [0.4, 0.5) is 0 Å². The van der Waals surface area contributed by atoms with Crippen molar-refractivity contribution in [3.8, 4) is 0 Å². The predicted molar refractivity (Wildman–Crippen MR) is 90.5 cm³/mol. The van der Waals surface area contributed by atoms with Crippen LogP contribution in [0.1, 0.15) is 34.1 Å². The second-order valence-electron chi connectivity index (χ2n) is 4.64. The molecule has 136 valence electrons. The number of nitrogens with one attached hydrogen (secondary N) is 1. The number of carbonyl (C=O) groups is 1. The van der Waals surface area contributed by atoms with Gasteiger partial charge in [-0.15, -0.1) is 0 Å². The highest BCUT2D eigenvalue weighted by molar-refractivity contribution is 6.30. The van der Waals surface area contributed by atoms with Crippen molar-refractivity contribution in [2.75, 3.05) is 33.2 Å². The molecular weight excluding hydrogens is 318 g/mol. The van der Waals surface area contributed by atoms with Crippen molar-refractivity contribution in [2.45, 2.75) is 45.8 Å². The van der Waals surface area contributed by atoms with Gasteiger partial charge >= 0.3 is 5.97 Å². The fourth-order valence-electron chi connectivity index (χ4n) is 1.76. The molecule has 0 saturated heterocycles. The minimum atomic E-state index is -1.25. The summed E-state index contributed by atoms with van der Waals surface area (Å²) in [6, 6.07) is 0. The fourth-order valence-corrected chi connectivity index (χ4v) is 2.74. The van der Waals surface area contributed by atoms with Crippen LogP contribution in [-0.4, -0.2) is 60.5 Å². The summed E-state index contributed by atoms with van der Waals surface area (Å²) in [6.07, 6.45) is 2.05. The van der Waals surface area contributed by atoms with Gasteiger partial charge in [0, 0.05) is 25.5 Å². The van der Waals surface area contributed by atoms with E-state index in [2.05, 4.69) is 11.9 Å². The Balaban J connectivity index is 4.37. The summed E-state index contributed by atoms with van der Waals surface area (Å²) < 4.78 is 27.8. The van der Waals surface area contributed by atoms with Crippen LogP contribution in [0.5, 0.6) is 0 Å². The maximum Gasteiger partial charge on any atom is 0.309 e. The molecule has 0 aliphatic carbocycles. The second-order valence-corrected chi connectivity index (χ2v) is 6.36. The third-order valence-corrected chi connectivity index (χ3v) is 4.50. The van der Waals surface area contributed by atoms with E-state index in [9.17, 15) is 4.79 Å². The lowest BCUT2D eigenvalue weighted by Gasteiger charge is -2.32. The van der Waals surface area contributed by atoms with E-state index >= 15 is 0 Å². The number of hydrogen-bond donors (Lipinski definition) is 1. The highest BCUT2D eigenvalue weighted by atomic mass is 28.2. The normalized spacial score (nSPS) is 13.4. The monoisotopic (exact) mass is 349 g/mol. The van der Waals surface area contributed by atoms with Gasteiger partial charge in [0.25, 0.3) is 0 Å². The van der Waals surface area contributed by atoms with Crippen LogP contribution in [0.2, 0.25) is 0 Å². The first-order valence-corrected chi connectivity index (χ1v) is 9.47. The molecule has 1 unspecified atom stereocenters. The largest absolute Gasteiger partial charge is 0.400 e. The lowest BCUT2D eigenvalue weighted by molar-refractivity contribution is -0.403. The molecule has 0 spiro atoms. The Labute approximate surface area is 141 Å². The SMILES string of the molecule is C=CC(=O)NC(CC)[SiH2]OCOC(COCC)(OCC)OCC. The van der Waals surface area contributed by atoms with E-state index < -0.39 is 15.7 Å². The maximum absolute atomic E-state index is 11.3. The molecule has 0 fully saturated rings. The van der Waals surface area contributed by atoms with E-state index in [0.29, 0.717) is 19.8 Å². The van der Waals surface area contributed by atoms with Crippen LogP contribution in [-0.2, 0) is 28.2 Å². The maximum atomic E-state index is 11.3. The molecule has 1 amide bonds. The van der Waals surface area contributed by atoms with Gasteiger partial charge in [-0.3, -0.25) is 9.53 Å². The Hall–Kier alpha value is -0.773. The molecule has 1 N–H and O–H groups in total. The van der Waals surface area contributed by atoms with Gasteiger partial charge in [-0.05, 0) is 33.3 Å². The Kier molecular flexibility index (Phi) is 13.2. The van der Waals surface area contributed by atoms with Crippen molar-refractivity contribution in [1.82, 2.24) is 5.32 Å². The summed E-state index contributed by atoms with van der Waals surface area (Å²) in [4.78, 5) is 11.3. The zero-order valence-corrected chi connectivity index (χ0v) is 16.2. The van der Waals surface area contributed by atoms with Crippen molar-refractivity contribution in [2.24, 2.45) is 0 Å². The summed E-state index contributed by atoms with van der Waals surface area (Å²) in [5.41, 5.74) is 0.0320. The van der Waals surface area contributed by atoms with Crippen LogP contribution in [0.3, 0.4) is 0 Å². The molecule has 0 heterocycles. The molecule has 0 radical (unpaired) electrons. The standard InChI is InChI=1S/C15H31NO6Si/c1-6-13(17)16-14(7-2)23-22-12-21-15(19-9-4,20-10-5)11-18-8-3/h6,14H,1,7-12,23H2,2-5H3,(H,16,17). The first-order chi connectivity index (χ1) is 11.1. The van der Waals surface area contributed by atoms with Crippen molar-refractivity contribution < 1.29 is 28.2 Å².